The summed E-state index contributed by atoms with van der Waals surface area (Å²) in [6, 6.07) is 0. The summed E-state index contributed by atoms with van der Waals surface area (Å²) < 4.78 is 10.1. The van der Waals surface area contributed by atoms with Crippen LogP contribution in [-0.4, -0.2) is 20.1 Å². The molecule has 0 aliphatic heterocycles. The van der Waals surface area contributed by atoms with Gasteiger partial charge in [0, 0.05) is 0 Å². The van der Waals surface area contributed by atoms with Gasteiger partial charge in [-0.25, -0.2) is 0 Å². The van der Waals surface area contributed by atoms with Gasteiger partial charge in [0.1, 0.15) is 11.5 Å². The number of primary amides is 1. The Balaban J connectivity index is 2.82. The Morgan fingerprint density at radius 3 is 2.15 bits per heavy atom. The highest BCUT2D eigenvalue weighted by Gasteiger charge is 2.19. The summed E-state index contributed by atoms with van der Waals surface area (Å²) in [5.41, 5.74) is 5.16. The molecule has 0 spiro atoms. The molecule has 0 aromatic rings. The van der Waals surface area contributed by atoms with Crippen LogP contribution in [0.1, 0.15) is 6.42 Å². The summed E-state index contributed by atoms with van der Waals surface area (Å²) in [5.74, 6) is 0.605. The summed E-state index contributed by atoms with van der Waals surface area (Å²) in [7, 11) is 3.12. The fraction of sp³-hybridized carbons (Fsp3) is 0.444. The molecule has 0 heterocycles. The fourth-order valence-corrected chi connectivity index (χ4v) is 1.18. The number of methoxy groups -OCH3 is 2. The van der Waals surface area contributed by atoms with Crippen LogP contribution in [0.2, 0.25) is 0 Å². The fourth-order valence-electron chi connectivity index (χ4n) is 1.18. The van der Waals surface area contributed by atoms with Crippen LogP contribution in [-0.2, 0) is 14.3 Å². The van der Waals surface area contributed by atoms with Gasteiger partial charge >= 0.3 is 0 Å². The molecule has 4 heteroatoms. The van der Waals surface area contributed by atoms with Crippen molar-refractivity contribution in [3.8, 4) is 0 Å². The molecule has 0 aromatic heterocycles. The Hall–Kier alpha value is -1.45. The number of hydrogen-bond acceptors (Lipinski definition) is 3. The monoisotopic (exact) mass is 183 g/mol. The number of carbonyl (C=O) groups excluding carboxylic acids is 1. The number of ether oxygens (including phenoxy) is 2. The van der Waals surface area contributed by atoms with Gasteiger partial charge in [-0.2, -0.15) is 0 Å². The van der Waals surface area contributed by atoms with Gasteiger partial charge < -0.3 is 15.2 Å². The summed E-state index contributed by atoms with van der Waals surface area (Å²) >= 11 is 0. The predicted molar refractivity (Wildman–Crippen MR) is 47.5 cm³/mol. The average molecular weight is 183 g/mol. The summed E-state index contributed by atoms with van der Waals surface area (Å²) in [6.45, 7) is 0. The Kier molecular flexibility index (Phi) is 2.95. The SMILES string of the molecule is COC1=CC(C(N)=O)C=C(OC)C1. The molecule has 4 nitrogen and oxygen atoms in total. The van der Waals surface area contributed by atoms with Crippen molar-refractivity contribution in [3.05, 3.63) is 23.7 Å². The predicted octanol–water partition coefficient (Wildman–Crippen LogP) is 0.552. The van der Waals surface area contributed by atoms with Crippen molar-refractivity contribution in [1.29, 1.82) is 0 Å². The van der Waals surface area contributed by atoms with Crippen molar-refractivity contribution in [2.24, 2.45) is 11.7 Å². The van der Waals surface area contributed by atoms with E-state index in [4.69, 9.17) is 15.2 Å². The summed E-state index contributed by atoms with van der Waals surface area (Å²) in [6.07, 6.45) is 3.98. The van der Waals surface area contributed by atoms with Crippen molar-refractivity contribution in [3.63, 3.8) is 0 Å². The number of hydrogen-bond donors (Lipinski definition) is 1. The maximum atomic E-state index is 10.9. The smallest absolute Gasteiger partial charge is 0.228 e. The van der Waals surface area contributed by atoms with Gasteiger partial charge in [0.15, 0.2) is 0 Å². The van der Waals surface area contributed by atoms with E-state index in [0.29, 0.717) is 17.9 Å². The first-order valence-electron chi connectivity index (χ1n) is 3.96. The molecule has 1 amide bonds. The Labute approximate surface area is 77.0 Å². The topological polar surface area (TPSA) is 61.5 Å². The molecular formula is C9H13NO3. The van der Waals surface area contributed by atoms with E-state index >= 15 is 0 Å². The van der Waals surface area contributed by atoms with Crippen molar-refractivity contribution >= 4 is 5.91 Å². The van der Waals surface area contributed by atoms with E-state index in [-0.39, 0.29) is 0 Å². The van der Waals surface area contributed by atoms with Gasteiger partial charge in [0.2, 0.25) is 5.91 Å². The normalized spacial score (nSPS) is 17.4. The maximum Gasteiger partial charge on any atom is 0.228 e. The third kappa shape index (κ3) is 2.24. The molecule has 2 N–H and O–H groups in total. The van der Waals surface area contributed by atoms with Crippen molar-refractivity contribution in [1.82, 2.24) is 0 Å². The van der Waals surface area contributed by atoms with E-state index in [2.05, 4.69) is 0 Å². The van der Waals surface area contributed by atoms with Gasteiger partial charge in [-0.1, -0.05) is 0 Å². The van der Waals surface area contributed by atoms with E-state index in [9.17, 15) is 4.79 Å². The van der Waals surface area contributed by atoms with Crippen molar-refractivity contribution in [2.45, 2.75) is 6.42 Å². The highest BCUT2D eigenvalue weighted by Crippen LogP contribution is 2.22. The van der Waals surface area contributed by atoms with Crippen LogP contribution in [0.25, 0.3) is 0 Å². The van der Waals surface area contributed by atoms with Crippen molar-refractivity contribution in [2.75, 3.05) is 14.2 Å². The maximum absolute atomic E-state index is 10.9. The lowest BCUT2D eigenvalue weighted by Gasteiger charge is -2.17. The van der Waals surface area contributed by atoms with Gasteiger partial charge in [-0.3, -0.25) is 4.79 Å². The minimum absolute atomic E-state index is 0.399. The molecule has 72 valence electrons. The molecule has 0 saturated carbocycles. The molecule has 1 aliphatic rings. The highest BCUT2D eigenvalue weighted by molar-refractivity contribution is 5.80. The zero-order chi connectivity index (χ0) is 9.84. The minimum Gasteiger partial charge on any atom is -0.501 e. The Morgan fingerprint density at radius 1 is 1.38 bits per heavy atom. The lowest BCUT2D eigenvalue weighted by Crippen LogP contribution is -2.22. The lowest BCUT2D eigenvalue weighted by molar-refractivity contribution is -0.119. The van der Waals surface area contributed by atoms with Crippen LogP contribution < -0.4 is 5.73 Å². The summed E-state index contributed by atoms with van der Waals surface area (Å²) in [5, 5.41) is 0. The number of rotatable bonds is 3. The van der Waals surface area contributed by atoms with Gasteiger partial charge in [0.25, 0.3) is 0 Å². The van der Waals surface area contributed by atoms with E-state index in [1.807, 2.05) is 0 Å². The first-order chi connectivity index (χ1) is 6.17. The second kappa shape index (κ2) is 3.98. The molecule has 0 saturated heterocycles. The first-order valence-corrected chi connectivity index (χ1v) is 3.96. The van der Waals surface area contributed by atoms with Crippen molar-refractivity contribution < 1.29 is 14.3 Å². The van der Waals surface area contributed by atoms with Crippen LogP contribution in [0.3, 0.4) is 0 Å². The molecule has 0 atom stereocenters. The zero-order valence-electron chi connectivity index (χ0n) is 7.74. The second-order valence-corrected chi connectivity index (χ2v) is 2.78. The van der Waals surface area contributed by atoms with Crippen LogP contribution in [0.4, 0.5) is 0 Å². The molecule has 0 bridgehead atoms. The minimum atomic E-state index is -0.418. The van der Waals surface area contributed by atoms with Crippen LogP contribution in [0.15, 0.2) is 23.7 Å². The number of nitrogens with two attached hydrogens (primary N) is 1. The Morgan fingerprint density at radius 2 is 1.85 bits per heavy atom. The lowest BCUT2D eigenvalue weighted by atomic mass is 10.0. The molecule has 0 unspecified atom stereocenters. The third-order valence-corrected chi connectivity index (χ3v) is 1.93. The van der Waals surface area contributed by atoms with Crippen LogP contribution in [0.5, 0.6) is 0 Å². The third-order valence-electron chi connectivity index (χ3n) is 1.93. The van der Waals surface area contributed by atoms with E-state index in [1.165, 1.54) is 0 Å². The largest absolute Gasteiger partial charge is 0.501 e. The molecule has 0 aromatic carbocycles. The van der Waals surface area contributed by atoms with Crippen LogP contribution in [0, 0.1) is 5.92 Å². The molecule has 0 radical (unpaired) electrons. The molecular weight excluding hydrogens is 170 g/mol. The molecule has 0 fully saturated rings. The molecule has 1 aliphatic carbocycles. The van der Waals surface area contributed by atoms with E-state index < -0.39 is 11.8 Å². The van der Waals surface area contributed by atoms with E-state index in [0.717, 1.165) is 0 Å². The second-order valence-electron chi connectivity index (χ2n) is 2.78. The highest BCUT2D eigenvalue weighted by atomic mass is 16.5. The van der Waals surface area contributed by atoms with Gasteiger partial charge in [-0.15, -0.1) is 0 Å². The number of amides is 1. The van der Waals surface area contributed by atoms with Gasteiger partial charge in [0.05, 0.1) is 26.6 Å². The quantitative estimate of drug-likeness (QED) is 0.695. The van der Waals surface area contributed by atoms with Gasteiger partial charge in [-0.05, 0) is 12.2 Å². The average Bonchev–Trinajstić information content (AvgIpc) is 2.16. The Bertz CT molecular complexity index is 248. The van der Waals surface area contributed by atoms with E-state index in [1.54, 1.807) is 26.4 Å². The molecule has 13 heavy (non-hydrogen) atoms. The number of carbonyl (C=O) groups is 1. The standard InChI is InChI=1S/C9H13NO3/c1-12-7-3-6(9(10)11)4-8(5-7)13-2/h3-4,6H,5H2,1-2H3,(H2,10,11). The first kappa shape index (κ1) is 9.64. The molecule has 1 rings (SSSR count). The summed E-state index contributed by atoms with van der Waals surface area (Å²) in [4.78, 5) is 10.9. The van der Waals surface area contributed by atoms with Crippen LogP contribution >= 0.6 is 0 Å². The zero-order valence-corrected chi connectivity index (χ0v) is 7.74.